The summed E-state index contributed by atoms with van der Waals surface area (Å²) in [5.41, 5.74) is -0.772. The third-order valence-corrected chi connectivity index (χ3v) is 6.78. The lowest BCUT2D eigenvalue weighted by atomic mass is 9.86. The molecule has 8 nitrogen and oxygen atoms in total. The van der Waals surface area contributed by atoms with Crippen LogP contribution >= 0.6 is 0 Å². The van der Waals surface area contributed by atoms with Crippen LogP contribution in [0.25, 0.3) is 0 Å². The van der Waals surface area contributed by atoms with E-state index in [2.05, 4.69) is 4.90 Å². The molecular weight excluding hydrogens is 438 g/mol. The largest absolute Gasteiger partial charge is 0.496 e. The summed E-state index contributed by atoms with van der Waals surface area (Å²) in [4.78, 5) is 14.8. The molecule has 2 aliphatic rings. The first kappa shape index (κ1) is 24.3. The van der Waals surface area contributed by atoms with Crippen LogP contribution in [0.5, 0.6) is 17.2 Å². The number of aliphatic hydroxyl groups is 2. The Morgan fingerprint density at radius 3 is 2.53 bits per heavy atom. The highest BCUT2D eigenvalue weighted by atomic mass is 16.5. The van der Waals surface area contributed by atoms with Gasteiger partial charge in [0.25, 0.3) is 0 Å². The van der Waals surface area contributed by atoms with Crippen molar-refractivity contribution < 1.29 is 34.0 Å². The molecular formula is C26H33NO7. The van der Waals surface area contributed by atoms with E-state index < -0.39 is 35.6 Å². The number of hydrogen-bond donors (Lipinski definition) is 2. The summed E-state index contributed by atoms with van der Waals surface area (Å²) >= 11 is 0. The number of hydrogen-bond acceptors (Lipinski definition) is 8. The van der Waals surface area contributed by atoms with E-state index in [-0.39, 0.29) is 0 Å². The number of aliphatic hydroxyl groups excluding tert-OH is 1. The summed E-state index contributed by atoms with van der Waals surface area (Å²) in [6.45, 7) is 1.51. The van der Waals surface area contributed by atoms with E-state index >= 15 is 0 Å². The molecule has 0 bridgehead atoms. The average Bonchev–Trinajstić information content (AvgIpc) is 3.25. The second kappa shape index (κ2) is 9.82. The summed E-state index contributed by atoms with van der Waals surface area (Å²) in [6, 6.07) is 12.7. The van der Waals surface area contributed by atoms with Gasteiger partial charge in [0.15, 0.2) is 5.60 Å². The zero-order valence-electron chi connectivity index (χ0n) is 20.1. The van der Waals surface area contributed by atoms with E-state index in [0.717, 1.165) is 24.9 Å². The first-order chi connectivity index (χ1) is 16.3. The molecule has 0 amide bonds. The molecule has 1 fully saturated rings. The predicted molar refractivity (Wildman–Crippen MR) is 125 cm³/mol. The van der Waals surface area contributed by atoms with Crippen LogP contribution in [0, 0.1) is 5.92 Å². The highest BCUT2D eigenvalue weighted by molar-refractivity contribution is 5.77. The second-order valence-corrected chi connectivity index (χ2v) is 9.15. The number of nitrogens with zero attached hydrogens (tertiary/aromatic N) is 1. The lowest BCUT2D eigenvalue weighted by molar-refractivity contribution is -0.154. The smallest absolute Gasteiger partial charge is 0.312 e. The fourth-order valence-electron chi connectivity index (χ4n) is 5.18. The number of rotatable bonds is 9. The third kappa shape index (κ3) is 4.10. The Kier molecular flexibility index (Phi) is 7.02. The Morgan fingerprint density at radius 1 is 1.15 bits per heavy atom. The van der Waals surface area contributed by atoms with E-state index in [1.54, 1.807) is 12.1 Å². The van der Waals surface area contributed by atoms with Crippen LogP contribution in [0.15, 0.2) is 42.5 Å². The summed E-state index contributed by atoms with van der Waals surface area (Å²) in [6.07, 6.45) is -0.468. The number of esters is 1. The van der Waals surface area contributed by atoms with Gasteiger partial charge in [-0.1, -0.05) is 30.3 Å². The number of carbonyl (C=O) groups excluding carboxylic acids is 1. The van der Waals surface area contributed by atoms with Gasteiger partial charge in [0.05, 0.1) is 32.3 Å². The minimum atomic E-state index is -1.86. The molecule has 1 aliphatic carbocycles. The summed E-state index contributed by atoms with van der Waals surface area (Å²) < 4.78 is 22.8. The van der Waals surface area contributed by atoms with Crippen molar-refractivity contribution in [3.05, 3.63) is 53.6 Å². The van der Waals surface area contributed by atoms with Crippen LogP contribution in [0.1, 0.15) is 29.9 Å². The Balaban J connectivity index is 1.67. The van der Waals surface area contributed by atoms with Gasteiger partial charge in [-0.2, -0.15) is 0 Å². The van der Waals surface area contributed by atoms with E-state index in [1.807, 2.05) is 44.4 Å². The number of fused-ring (bicyclic) bond motifs is 3. The van der Waals surface area contributed by atoms with Crippen molar-refractivity contribution >= 4 is 5.97 Å². The van der Waals surface area contributed by atoms with Gasteiger partial charge < -0.3 is 34.1 Å². The number of carbonyl (C=O) groups is 1. The zero-order chi connectivity index (χ0) is 24.5. The van der Waals surface area contributed by atoms with E-state index in [1.165, 1.54) is 14.2 Å². The summed E-state index contributed by atoms with van der Waals surface area (Å²) in [5.74, 6) is -0.972. The van der Waals surface area contributed by atoms with E-state index in [0.29, 0.717) is 29.4 Å². The van der Waals surface area contributed by atoms with Gasteiger partial charge in [0.1, 0.15) is 29.5 Å². The molecule has 2 unspecified atom stereocenters. The molecule has 0 saturated heterocycles. The van der Waals surface area contributed by atoms with Crippen molar-refractivity contribution in [1.29, 1.82) is 0 Å². The average molecular weight is 472 g/mol. The lowest BCUT2D eigenvalue weighted by Gasteiger charge is -2.27. The van der Waals surface area contributed by atoms with E-state index in [4.69, 9.17) is 18.9 Å². The Morgan fingerprint density at radius 2 is 1.88 bits per heavy atom. The van der Waals surface area contributed by atoms with Crippen LogP contribution in [0.4, 0.5) is 0 Å². The standard InChI is InChI=1S/C26H33NO7/c1-27(2)12-8-9-13-33-17-14-18(31-3)22-19(15-17)34-24-20(16-10-6-5-7-11-16)21(25(29)32-4)23(28)26(22,24)30/h5-7,10-11,14-15,20-21,23-24,28,30H,8-9,12-13H2,1-4H3/t20-,21-,23?,24?,26+/m1/s1. The molecule has 2 aromatic rings. The summed E-state index contributed by atoms with van der Waals surface area (Å²) in [7, 11) is 6.83. The molecule has 34 heavy (non-hydrogen) atoms. The first-order valence-electron chi connectivity index (χ1n) is 11.5. The van der Waals surface area contributed by atoms with Crippen LogP contribution < -0.4 is 14.2 Å². The molecule has 1 saturated carbocycles. The van der Waals surface area contributed by atoms with Crippen molar-refractivity contribution in [2.45, 2.75) is 36.6 Å². The highest BCUT2D eigenvalue weighted by Crippen LogP contribution is 2.60. The van der Waals surface area contributed by atoms with Crippen molar-refractivity contribution in [2.75, 3.05) is 41.5 Å². The van der Waals surface area contributed by atoms with Crippen molar-refractivity contribution in [1.82, 2.24) is 4.90 Å². The van der Waals surface area contributed by atoms with Gasteiger partial charge in [-0.25, -0.2) is 0 Å². The second-order valence-electron chi connectivity index (χ2n) is 9.15. The number of ether oxygens (including phenoxy) is 4. The van der Waals surface area contributed by atoms with Crippen LogP contribution in [-0.2, 0) is 15.1 Å². The Hall–Kier alpha value is -2.81. The molecule has 0 spiro atoms. The molecule has 2 N–H and O–H groups in total. The fraction of sp³-hybridized carbons (Fsp3) is 0.500. The quantitative estimate of drug-likeness (QED) is 0.425. The normalized spacial score (nSPS) is 27.1. The maximum absolute atomic E-state index is 12.7. The molecule has 1 aliphatic heterocycles. The van der Waals surface area contributed by atoms with Gasteiger partial charge in [0, 0.05) is 18.1 Å². The molecule has 8 heteroatoms. The molecule has 4 rings (SSSR count). The van der Waals surface area contributed by atoms with Crippen molar-refractivity contribution in [3.63, 3.8) is 0 Å². The third-order valence-electron chi connectivity index (χ3n) is 6.78. The van der Waals surface area contributed by atoms with Crippen LogP contribution in [0.3, 0.4) is 0 Å². The Labute approximate surface area is 200 Å². The molecule has 184 valence electrons. The fourth-order valence-corrected chi connectivity index (χ4v) is 5.18. The van der Waals surface area contributed by atoms with Gasteiger partial charge in [0.2, 0.25) is 0 Å². The number of unbranched alkanes of at least 4 members (excludes halogenated alkanes) is 1. The number of benzene rings is 2. The minimum absolute atomic E-state index is 0.319. The van der Waals surface area contributed by atoms with E-state index in [9.17, 15) is 15.0 Å². The summed E-state index contributed by atoms with van der Waals surface area (Å²) in [5, 5.41) is 23.2. The highest BCUT2D eigenvalue weighted by Gasteiger charge is 2.69. The molecule has 5 atom stereocenters. The molecule has 0 aromatic heterocycles. The number of methoxy groups -OCH3 is 2. The lowest BCUT2D eigenvalue weighted by Crippen LogP contribution is -2.44. The van der Waals surface area contributed by atoms with Gasteiger partial charge in [-0.3, -0.25) is 4.79 Å². The monoisotopic (exact) mass is 471 g/mol. The Bertz CT molecular complexity index is 1010. The van der Waals surface area contributed by atoms with Crippen molar-refractivity contribution in [2.24, 2.45) is 5.92 Å². The van der Waals surface area contributed by atoms with Gasteiger partial charge >= 0.3 is 5.97 Å². The molecule has 1 heterocycles. The first-order valence-corrected chi connectivity index (χ1v) is 11.5. The minimum Gasteiger partial charge on any atom is -0.496 e. The van der Waals surface area contributed by atoms with Crippen LogP contribution in [-0.4, -0.2) is 74.8 Å². The van der Waals surface area contributed by atoms with Gasteiger partial charge in [-0.15, -0.1) is 0 Å². The zero-order valence-corrected chi connectivity index (χ0v) is 20.1. The molecule has 0 radical (unpaired) electrons. The SMILES string of the molecule is COC(=O)[C@H]1C(O)[C@@]2(O)c3c(OC)cc(OCCCCN(C)C)cc3OC2[C@@H]1c1ccccc1. The maximum atomic E-state index is 12.7. The topological polar surface area (TPSA) is 97.7 Å². The van der Waals surface area contributed by atoms with Crippen molar-refractivity contribution in [3.8, 4) is 17.2 Å². The van der Waals surface area contributed by atoms with Gasteiger partial charge in [-0.05, 0) is 39.0 Å². The van der Waals surface area contributed by atoms with Crippen LogP contribution in [0.2, 0.25) is 0 Å². The maximum Gasteiger partial charge on any atom is 0.312 e. The molecule has 2 aromatic carbocycles. The predicted octanol–water partition coefficient (Wildman–Crippen LogP) is 2.31.